The minimum Gasteiger partial charge on any atom is -0.507 e. The summed E-state index contributed by atoms with van der Waals surface area (Å²) in [6.45, 7) is 6.13. The second-order valence-electron chi connectivity index (χ2n) is 5.60. The molecule has 100 valence electrons. The lowest BCUT2D eigenvalue weighted by Crippen LogP contribution is -2.15. The van der Waals surface area contributed by atoms with Crippen molar-refractivity contribution in [3.8, 4) is 16.9 Å². The Bertz CT molecular complexity index is 568. The molecule has 2 rings (SSSR count). The topological polar surface area (TPSA) is 20.2 Å². The van der Waals surface area contributed by atoms with Gasteiger partial charge in [0.05, 0.1) is 0 Å². The summed E-state index contributed by atoms with van der Waals surface area (Å²) in [4.78, 5) is 0. The van der Waals surface area contributed by atoms with Crippen molar-refractivity contribution in [1.29, 1.82) is 0 Å². The van der Waals surface area contributed by atoms with E-state index in [2.05, 4.69) is 32.5 Å². The van der Waals surface area contributed by atoms with Crippen LogP contribution < -0.4 is 0 Å². The molecule has 0 aliphatic heterocycles. The molecule has 2 heteroatoms. The molecule has 2 aromatic carbocycles. The van der Waals surface area contributed by atoms with Gasteiger partial charge in [-0.1, -0.05) is 56.3 Å². The van der Waals surface area contributed by atoms with Gasteiger partial charge in [0.25, 0.3) is 0 Å². The minimum absolute atomic E-state index is 0.0779. The molecule has 0 aromatic heterocycles. The van der Waals surface area contributed by atoms with Gasteiger partial charge in [0.1, 0.15) is 5.75 Å². The maximum Gasteiger partial charge on any atom is 0.126 e. The van der Waals surface area contributed by atoms with Gasteiger partial charge in [-0.2, -0.15) is 12.6 Å². The predicted molar refractivity (Wildman–Crippen MR) is 85.0 cm³/mol. The Morgan fingerprint density at radius 3 is 2.26 bits per heavy atom. The molecule has 0 bridgehead atoms. The third-order valence-electron chi connectivity index (χ3n) is 3.25. The zero-order valence-electron chi connectivity index (χ0n) is 11.6. The molecule has 0 radical (unpaired) electrons. The fraction of sp³-hybridized carbons (Fsp3) is 0.294. The Morgan fingerprint density at radius 2 is 1.68 bits per heavy atom. The van der Waals surface area contributed by atoms with Gasteiger partial charge < -0.3 is 5.11 Å². The highest BCUT2D eigenvalue weighted by atomic mass is 32.1. The van der Waals surface area contributed by atoms with Gasteiger partial charge in [0.15, 0.2) is 0 Å². The maximum atomic E-state index is 10.4. The maximum absolute atomic E-state index is 10.4. The molecular formula is C17H20OS. The van der Waals surface area contributed by atoms with Crippen LogP contribution in [-0.4, -0.2) is 9.85 Å². The number of hydrogen-bond donors (Lipinski definition) is 2. The fourth-order valence-corrected chi connectivity index (χ4v) is 2.42. The number of rotatable bonds is 3. The van der Waals surface area contributed by atoms with Gasteiger partial charge in [-0.15, -0.1) is 0 Å². The Balaban J connectivity index is 2.44. The summed E-state index contributed by atoms with van der Waals surface area (Å²) in [6.07, 6.45) is 0.838. The van der Waals surface area contributed by atoms with E-state index in [4.69, 9.17) is 0 Å². The van der Waals surface area contributed by atoms with Gasteiger partial charge in [0, 0.05) is 10.3 Å². The van der Waals surface area contributed by atoms with Crippen LogP contribution in [-0.2, 0) is 6.42 Å². The lowest BCUT2D eigenvalue weighted by Gasteiger charge is -2.20. The SMILES string of the molecule is Cc1c(CC(C)(C)S)ccc(-c2ccccc2)c1O. The molecule has 0 saturated heterocycles. The van der Waals surface area contributed by atoms with E-state index in [-0.39, 0.29) is 4.75 Å². The van der Waals surface area contributed by atoms with Crippen LogP contribution in [0.15, 0.2) is 42.5 Å². The number of phenolic OH excluding ortho intramolecular Hbond substituents is 1. The first-order valence-electron chi connectivity index (χ1n) is 6.48. The first-order valence-corrected chi connectivity index (χ1v) is 6.92. The summed E-state index contributed by atoms with van der Waals surface area (Å²) >= 11 is 4.56. The van der Waals surface area contributed by atoms with Crippen LogP contribution in [0.3, 0.4) is 0 Å². The van der Waals surface area contributed by atoms with Crippen LogP contribution >= 0.6 is 12.6 Å². The van der Waals surface area contributed by atoms with Gasteiger partial charge in [0.2, 0.25) is 0 Å². The molecule has 1 nitrogen and oxygen atoms in total. The van der Waals surface area contributed by atoms with Crippen molar-refractivity contribution in [1.82, 2.24) is 0 Å². The minimum atomic E-state index is -0.0779. The van der Waals surface area contributed by atoms with Gasteiger partial charge in [-0.3, -0.25) is 0 Å². The van der Waals surface area contributed by atoms with E-state index >= 15 is 0 Å². The summed E-state index contributed by atoms with van der Waals surface area (Å²) in [5, 5.41) is 10.4. The summed E-state index contributed by atoms with van der Waals surface area (Å²) in [6, 6.07) is 14.0. The van der Waals surface area contributed by atoms with Crippen LogP contribution in [0.25, 0.3) is 11.1 Å². The summed E-state index contributed by atoms with van der Waals surface area (Å²) in [5.74, 6) is 0.376. The zero-order chi connectivity index (χ0) is 14.0. The van der Waals surface area contributed by atoms with Crippen LogP contribution in [0.2, 0.25) is 0 Å². The predicted octanol–water partition coefficient (Wildman–Crippen LogP) is 4.62. The van der Waals surface area contributed by atoms with E-state index in [1.54, 1.807) is 0 Å². The second kappa shape index (κ2) is 5.30. The van der Waals surface area contributed by atoms with Crippen LogP contribution in [0, 0.1) is 6.92 Å². The molecular weight excluding hydrogens is 252 g/mol. The number of aromatic hydroxyl groups is 1. The molecule has 19 heavy (non-hydrogen) atoms. The molecule has 0 heterocycles. The summed E-state index contributed by atoms with van der Waals surface area (Å²) in [5.41, 5.74) is 4.03. The summed E-state index contributed by atoms with van der Waals surface area (Å²) in [7, 11) is 0. The van der Waals surface area contributed by atoms with Crippen molar-refractivity contribution in [2.45, 2.75) is 31.9 Å². The number of benzene rings is 2. The molecule has 0 spiro atoms. The highest BCUT2D eigenvalue weighted by molar-refractivity contribution is 7.81. The van der Waals surface area contributed by atoms with Gasteiger partial charge in [-0.25, -0.2) is 0 Å². The van der Waals surface area contributed by atoms with Crippen LogP contribution in [0.1, 0.15) is 25.0 Å². The Hall–Kier alpha value is -1.41. The molecule has 0 aliphatic rings. The molecule has 2 aromatic rings. The van der Waals surface area contributed by atoms with E-state index in [1.165, 1.54) is 0 Å². The average Bonchev–Trinajstić information content (AvgIpc) is 2.35. The largest absolute Gasteiger partial charge is 0.507 e. The van der Waals surface area contributed by atoms with Crippen molar-refractivity contribution in [2.24, 2.45) is 0 Å². The van der Waals surface area contributed by atoms with Crippen molar-refractivity contribution in [2.75, 3.05) is 0 Å². The van der Waals surface area contributed by atoms with Crippen molar-refractivity contribution >= 4 is 12.6 Å². The fourth-order valence-electron chi connectivity index (χ4n) is 2.25. The Morgan fingerprint density at radius 1 is 1.05 bits per heavy atom. The molecule has 0 saturated carbocycles. The van der Waals surface area contributed by atoms with Crippen molar-refractivity contribution in [3.05, 3.63) is 53.6 Å². The van der Waals surface area contributed by atoms with E-state index in [9.17, 15) is 5.11 Å². The molecule has 0 fully saturated rings. The monoisotopic (exact) mass is 272 g/mol. The second-order valence-corrected chi connectivity index (χ2v) is 6.81. The first-order chi connectivity index (χ1) is 8.88. The van der Waals surface area contributed by atoms with Crippen LogP contribution in [0.4, 0.5) is 0 Å². The highest BCUT2D eigenvalue weighted by Crippen LogP contribution is 2.35. The zero-order valence-corrected chi connectivity index (χ0v) is 12.5. The number of thiol groups is 1. The van der Waals surface area contributed by atoms with E-state index in [1.807, 2.05) is 43.3 Å². The normalized spacial score (nSPS) is 11.6. The number of phenols is 1. The smallest absolute Gasteiger partial charge is 0.126 e. The molecule has 0 unspecified atom stereocenters. The lowest BCUT2D eigenvalue weighted by atomic mass is 9.93. The van der Waals surface area contributed by atoms with Crippen molar-refractivity contribution < 1.29 is 5.11 Å². The molecule has 1 N–H and O–H groups in total. The first kappa shape index (κ1) is 14.0. The standard InChI is InChI=1S/C17H20OS/c1-12-14(11-17(2,3)19)9-10-15(16(12)18)13-7-5-4-6-8-13/h4-10,18-19H,11H2,1-3H3. The van der Waals surface area contributed by atoms with Gasteiger partial charge >= 0.3 is 0 Å². The molecule has 0 atom stereocenters. The third kappa shape index (κ3) is 3.32. The van der Waals surface area contributed by atoms with Crippen LogP contribution in [0.5, 0.6) is 5.75 Å². The van der Waals surface area contributed by atoms with E-state index in [0.29, 0.717) is 5.75 Å². The lowest BCUT2D eigenvalue weighted by molar-refractivity contribution is 0.471. The quantitative estimate of drug-likeness (QED) is 0.781. The van der Waals surface area contributed by atoms with E-state index < -0.39 is 0 Å². The molecule has 0 amide bonds. The van der Waals surface area contributed by atoms with E-state index in [0.717, 1.165) is 28.7 Å². The van der Waals surface area contributed by atoms with Gasteiger partial charge in [-0.05, 0) is 30.0 Å². The Labute approximate surface area is 120 Å². The summed E-state index contributed by atoms with van der Waals surface area (Å²) < 4.78 is -0.0779. The van der Waals surface area contributed by atoms with Crippen molar-refractivity contribution in [3.63, 3.8) is 0 Å². The Kier molecular flexibility index (Phi) is 3.91. The average molecular weight is 272 g/mol. The highest BCUT2D eigenvalue weighted by Gasteiger charge is 2.17. The number of hydrogen-bond acceptors (Lipinski definition) is 2. The third-order valence-corrected chi connectivity index (χ3v) is 3.41. The molecule has 0 aliphatic carbocycles.